The highest BCUT2D eigenvalue weighted by molar-refractivity contribution is 5.23. The average molecular weight is 310 g/mol. The molecular formula is C19H28F2O. The van der Waals surface area contributed by atoms with E-state index < -0.39 is 11.6 Å². The van der Waals surface area contributed by atoms with Crippen molar-refractivity contribution in [3.8, 4) is 5.75 Å². The summed E-state index contributed by atoms with van der Waals surface area (Å²) in [7, 11) is 0. The number of benzene rings is 1. The smallest absolute Gasteiger partial charge is 0.162 e. The highest BCUT2D eigenvalue weighted by Crippen LogP contribution is 2.34. The lowest BCUT2D eigenvalue weighted by molar-refractivity contribution is 0.228. The van der Waals surface area contributed by atoms with Gasteiger partial charge in [-0.15, -0.1) is 0 Å². The summed E-state index contributed by atoms with van der Waals surface area (Å²) in [5.41, 5.74) is 0. The Kier molecular flexibility index (Phi) is 7.14. The summed E-state index contributed by atoms with van der Waals surface area (Å²) in [6, 6.07) is 3.72. The average Bonchev–Trinajstić information content (AvgIpc) is 2.54. The Morgan fingerprint density at radius 2 is 1.59 bits per heavy atom. The van der Waals surface area contributed by atoms with Crippen LogP contribution in [0.3, 0.4) is 0 Å². The van der Waals surface area contributed by atoms with Gasteiger partial charge >= 0.3 is 0 Å². The normalized spacial score (nSPS) is 21.8. The van der Waals surface area contributed by atoms with Crippen LogP contribution < -0.4 is 4.74 Å². The molecule has 2 rings (SSSR count). The van der Waals surface area contributed by atoms with Gasteiger partial charge in [0.15, 0.2) is 11.6 Å². The quantitative estimate of drug-likeness (QED) is 0.525. The summed E-state index contributed by atoms with van der Waals surface area (Å²) in [6.07, 6.45) is 11.7. The second-order valence-electron chi connectivity index (χ2n) is 6.60. The third-order valence-corrected chi connectivity index (χ3v) is 4.85. The minimum Gasteiger partial charge on any atom is -0.493 e. The maximum atomic E-state index is 13.0. The molecule has 0 N–H and O–H groups in total. The van der Waals surface area contributed by atoms with Crippen molar-refractivity contribution in [2.45, 2.75) is 64.7 Å². The van der Waals surface area contributed by atoms with Gasteiger partial charge in [0, 0.05) is 6.07 Å². The van der Waals surface area contributed by atoms with E-state index in [-0.39, 0.29) is 0 Å². The van der Waals surface area contributed by atoms with Crippen LogP contribution in [0.4, 0.5) is 8.78 Å². The van der Waals surface area contributed by atoms with E-state index in [1.165, 1.54) is 57.4 Å². The van der Waals surface area contributed by atoms with Gasteiger partial charge in [0.05, 0.1) is 6.61 Å². The third kappa shape index (κ3) is 5.58. The molecule has 1 fully saturated rings. The van der Waals surface area contributed by atoms with Crippen LogP contribution in [-0.4, -0.2) is 6.61 Å². The van der Waals surface area contributed by atoms with E-state index in [1.54, 1.807) is 0 Å². The van der Waals surface area contributed by atoms with Crippen molar-refractivity contribution in [2.24, 2.45) is 11.8 Å². The van der Waals surface area contributed by atoms with Gasteiger partial charge < -0.3 is 4.74 Å². The van der Waals surface area contributed by atoms with Gasteiger partial charge in [-0.2, -0.15) is 0 Å². The zero-order valence-electron chi connectivity index (χ0n) is 13.6. The number of halogens is 2. The van der Waals surface area contributed by atoms with Crippen LogP contribution in [0.1, 0.15) is 64.7 Å². The van der Waals surface area contributed by atoms with E-state index in [2.05, 4.69) is 6.92 Å². The molecule has 1 aromatic rings. The van der Waals surface area contributed by atoms with Crippen LogP contribution in [-0.2, 0) is 0 Å². The van der Waals surface area contributed by atoms with Gasteiger partial charge in [-0.25, -0.2) is 8.78 Å². The Balaban J connectivity index is 1.58. The maximum Gasteiger partial charge on any atom is 0.162 e. The van der Waals surface area contributed by atoms with Crippen LogP contribution in [0.15, 0.2) is 18.2 Å². The highest BCUT2D eigenvalue weighted by Gasteiger charge is 2.20. The molecule has 0 spiro atoms. The molecule has 0 aliphatic heterocycles. The van der Waals surface area contributed by atoms with E-state index in [4.69, 9.17) is 4.74 Å². The first-order valence-electron chi connectivity index (χ1n) is 8.77. The lowest BCUT2D eigenvalue weighted by atomic mass is 9.78. The van der Waals surface area contributed by atoms with Crippen molar-refractivity contribution >= 4 is 0 Å². The lowest BCUT2D eigenvalue weighted by Gasteiger charge is -2.28. The molecule has 0 saturated heterocycles. The molecule has 0 amide bonds. The molecule has 0 radical (unpaired) electrons. The fraction of sp³-hybridized carbons (Fsp3) is 0.684. The molecular weight excluding hydrogens is 282 g/mol. The Labute approximate surface area is 133 Å². The first-order chi connectivity index (χ1) is 10.7. The molecule has 1 aliphatic carbocycles. The van der Waals surface area contributed by atoms with Crippen molar-refractivity contribution in [1.82, 2.24) is 0 Å². The van der Waals surface area contributed by atoms with Crippen molar-refractivity contribution in [2.75, 3.05) is 6.61 Å². The summed E-state index contributed by atoms with van der Waals surface area (Å²) in [6.45, 7) is 2.85. The molecule has 0 atom stereocenters. The molecule has 0 unspecified atom stereocenters. The summed E-state index contributed by atoms with van der Waals surface area (Å²) in [5.74, 6) is 0.526. The Morgan fingerprint density at radius 1 is 0.955 bits per heavy atom. The molecule has 0 aromatic heterocycles. The van der Waals surface area contributed by atoms with Crippen LogP contribution in [0.2, 0.25) is 0 Å². The summed E-state index contributed by atoms with van der Waals surface area (Å²) < 4.78 is 31.4. The van der Waals surface area contributed by atoms with Gasteiger partial charge in [0.2, 0.25) is 0 Å². The monoisotopic (exact) mass is 310 g/mol. The molecule has 22 heavy (non-hydrogen) atoms. The van der Waals surface area contributed by atoms with Crippen molar-refractivity contribution in [1.29, 1.82) is 0 Å². The number of hydrogen-bond acceptors (Lipinski definition) is 1. The predicted molar refractivity (Wildman–Crippen MR) is 86.1 cm³/mol. The Bertz CT molecular complexity index is 439. The first kappa shape index (κ1) is 17.2. The molecule has 1 aliphatic rings. The van der Waals surface area contributed by atoms with E-state index >= 15 is 0 Å². The third-order valence-electron chi connectivity index (χ3n) is 4.85. The fourth-order valence-corrected chi connectivity index (χ4v) is 3.43. The molecule has 1 nitrogen and oxygen atoms in total. The molecule has 0 heterocycles. The van der Waals surface area contributed by atoms with Gasteiger partial charge in [-0.1, -0.05) is 51.9 Å². The SMILES string of the molecule is CCCCC1CCC(CCCOc2ccc(F)c(F)c2)CC1. The largest absolute Gasteiger partial charge is 0.493 e. The number of unbranched alkanes of at least 4 members (excludes halogenated alkanes) is 1. The second kappa shape index (κ2) is 9.12. The number of ether oxygens (including phenoxy) is 1. The lowest BCUT2D eigenvalue weighted by Crippen LogP contribution is -2.15. The minimum atomic E-state index is -0.845. The van der Waals surface area contributed by atoms with Crippen LogP contribution in [0, 0.1) is 23.5 Å². The predicted octanol–water partition coefficient (Wildman–Crippen LogP) is 6.12. The van der Waals surface area contributed by atoms with E-state index in [0.717, 1.165) is 30.4 Å². The summed E-state index contributed by atoms with van der Waals surface area (Å²) in [5, 5.41) is 0. The molecule has 1 aromatic carbocycles. The van der Waals surface area contributed by atoms with Crippen LogP contribution >= 0.6 is 0 Å². The van der Waals surface area contributed by atoms with Gasteiger partial charge in [-0.05, 0) is 36.8 Å². The van der Waals surface area contributed by atoms with Crippen molar-refractivity contribution in [3.63, 3.8) is 0 Å². The fourth-order valence-electron chi connectivity index (χ4n) is 3.43. The maximum absolute atomic E-state index is 13.0. The van der Waals surface area contributed by atoms with Crippen LogP contribution in [0.25, 0.3) is 0 Å². The molecule has 0 bridgehead atoms. The number of rotatable bonds is 8. The van der Waals surface area contributed by atoms with E-state index in [1.807, 2.05) is 0 Å². The first-order valence-corrected chi connectivity index (χ1v) is 8.77. The summed E-state index contributed by atoms with van der Waals surface area (Å²) in [4.78, 5) is 0. The Hall–Kier alpha value is -1.12. The Morgan fingerprint density at radius 3 is 2.18 bits per heavy atom. The number of hydrogen-bond donors (Lipinski definition) is 0. The van der Waals surface area contributed by atoms with Crippen LogP contribution in [0.5, 0.6) is 5.75 Å². The summed E-state index contributed by atoms with van der Waals surface area (Å²) >= 11 is 0. The van der Waals surface area contributed by atoms with E-state index in [9.17, 15) is 8.78 Å². The second-order valence-corrected chi connectivity index (χ2v) is 6.60. The van der Waals surface area contributed by atoms with Gasteiger partial charge in [-0.3, -0.25) is 0 Å². The standard InChI is InChI=1S/C19H28F2O/c1-2-3-5-15-7-9-16(10-8-15)6-4-13-22-17-11-12-18(20)19(21)14-17/h11-12,14-16H,2-10,13H2,1H3. The highest BCUT2D eigenvalue weighted by atomic mass is 19.2. The molecule has 124 valence electrons. The molecule has 1 saturated carbocycles. The van der Waals surface area contributed by atoms with Gasteiger partial charge in [0.1, 0.15) is 5.75 Å². The van der Waals surface area contributed by atoms with E-state index in [0.29, 0.717) is 12.4 Å². The zero-order chi connectivity index (χ0) is 15.8. The topological polar surface area (TPSA) is 9.23 Å². The van der Waals surface area contributed by atoms with Crippen molar-refractivity contribution in [3.05, 3.63) is 29.8 Å². The minimum absolute atomic E-state index is 0.419. The van der Waals surface area contributed by atoms with Crippen molar-refractivity contribution < 1.29 is 13.5 Å². The zero-order valence-corrected chi connectivity index (χ0v) is 13.6. The van der Waals surface area contributed by atoms with Gasteiger partial charge in [0.25, 0.3) is 0 Å². The molecule has 3 heteroatoms.